The Morgan fingerprint density at radius 1 is 1.41 bits per heavy atom. The van der Waals surface area contributed by atoms with E-state index in [1.54, 1.807) is 0 Å². The fraction of sp³-hybridized carbons (Fsp3) is 0.833. The maximum absolute atomic E-state index is 11.9. The summed E-state index contributed by atoms with van der Waals surface area (Å²) in [6, 6.07) is 0. The van der Waals surface area contributed by atoms with Gasteiger partial charge in [-0.1, -0.05) is 13.8 Å². The molecule has 0 unspecified atom stereocenters. The molecule has 1 aliphatic carbocycles. The van der Waals surface area contributed by atoms with E-state index in [1.807, 2.05) is 13.8 Å². The molecule has 0 heterocycles. The summed E-state index contributed by atoms with van der Waals surface area (Å²) in [7, 11) is 0. The van der Waals surface area contributed by atoms with E-state index in [-0.39, 0.29) is 12.5 Å². The van der Waals surface area contributed by atoms with Crippen LogP contribution in [0.4, 0.5) is 0 Å². The Hall–Kier alpha value is -1.10. The van der Waals surface area contributed by atoms with E-state index in [2.05, 4.69) is 5.32 Å². The zero-order valence-corrected chi connectivity index (χ0v) is 10.7. The molecular formula is C12H23N3O2. The Balaban J connectivity index is 2.31. The summed E-state index contributed by atoms with van der Waals surface area (Å²) in [6.45, 7) is 5.82. The van der Waals surface area contributed by atoms with Crippen LogP contribution in [0, 0.1) is 11.8 Å². The Morgan fingerprint density at radius 2 is 2.06 bits per heavy atom. The molecule has 0 saturated heterocycles. The first-order valence-electron chi connectivity index (χ1n) is 6.25. The minimum absolute atomic E-state index is 0.0160. The van der Waals surface area contributed by atoms with Crippen molar-refractivity contribution >= 4 is 11.8 Å². The van der Waals surface area contributed by atoms with Crippen LogP contribution in [0.25, 0.3) is 0 Å². The summed E-state index contributed by atoms with van der Waals surface area (Å²) in [5.74, 6) is 0.582. The van der Waals surface area contributed by atoms with E-state index in [1.165, 1.54) is 17.7 Å². The van der Waals surface area contributed by atoms with Crippen LogP contribution in [-0.4, -0.2) is 42.9 Å². The molecule has 0 radical (unpaired) electrons. The van der Waals surface area contributed by atoms with Crippen LogP contribution in [0.15, 0.2) is 0 Å². The van der Waals surface area contributed by atoms with Crippen LogP contribution in [0.5, 0.6) is 0 Å². The zero-order chi connectivity index (χ0) is 12.8. The predicted molar refractivity (Wildman–Crippen MR) is 66.2 cm³/mol. The van der Waals surface area contributed by atoms with E-state index in [4.69, 9.17) is 5.73 Å². The highest BCUT2D eigenvalue weighted by molar-refractivity contribution is 5.84. The molecule has 1 aliphatic rings. The quantitative estimate of drug-likeness (QED) is 0.626. The molecule has 0 aromatic rings. The van der Waals surface area contributed by atoms with Gasteiger partial charge in [-0.05, 0) is 31.2 Å². The van der Waals surface area contributed by atoms with Gasteiger partial charge in [0.2, 0.25) is 11.8 Å². The van der Waals surface area contributed by atoms with Crippen molar-refractivity contribution in [2.24, 2.45) is 17.6 Å². The molecule has 0 atom stereocenters. The molecule has 98 valence electrons. The van der Waals surface area contributed by atoms with Gasteiger partial charge in [-0.2, -0.15) is 0 Å². The molecule has 0 aromatic heterocycles. The third-order valence-corrected chi connectivity index (χ3v) is 2.69. The van der Waals surface area contributed by atoms with Crippen molar-refractivity contribution in [3.8, 4) is 0 Å². The predicted octanol–water partition coefficient (Wildman–Crippen LogP) is -0.0441. The fourth-order valence-electron chi connectivity index (χ4n) is 1.70. The van der Waals surface area contributed by atoms with Crippen LogP contribution in [0.1, 0.15) is 26.7 Å². The number of hydrogen-bond donors (Lipinski definition) is 2. The lowest BCUT2D eigenvalue weighted by Gasteiger charge is -2.23. The van der Waals surface area contributed by atoms with Crippen LogP contribution in [0.2, 0.25) is 0 Å². The highest BCUT2D eigenvalue weighted by Crippen LogP contribution is 2.27. The monoisotopic (exact) mass is 241 g/mol. The van der Waals surface area contributed by atoms with Crippen molar-refractivity contribution in [1.82, 2.24) is 10.2 Å². The Morgan fingerprint density at radius 3 is 2.53 bits per heavy atom. The number of carbonyl (C=O) groups is 2. The second-order valence-corrected chi connectivity index (χ2v) is 5.21. The number of rotatable bonds is 8. The first kappa shape index (κ1) is 14.0. The van der Waals surface area contributed by atoms with Gasteiger partial charge in [0.15, 0.2) is 0 Å². The molecule has 3 N–H and O–H groups in total. The zero-order valence-electron chi connectivity index (χ0n) is 10.7. The van der Waals surface area contributed by atoms with Gasteiger partial charge in [-0.15, -0.1) is 0 Å². The highest BCUT2D eigenvalue weighted by atomic mass is 16.2. The SMILES string of the molecule is CC(C)CN(CC(N)=O)C(=O)CNCC1CC1. The number of nitrogens with zero attached hydrogens (tertiary/aromatic N) is 1. The lowest BCUT2D eigenvalue weighted by atomic mass is 10.2. The van der Waals surface area contributed by atoms with Crippen molar-refractivity contribution in [3.05, 3.63) is 0 Å². The summed E-state index contributed by atoms with van der Waals surface area (Å²) < 4.78 is 0. The van der Waals surface area contributed by atoms with Gasteiger partial charge in [0.1, 0.15) is 0 Å². The van der Waals surface area contributed by atoms with Crippen LogP contribution < -0.4 is 11.1 Å². The lowest BCUT2D eigenvalue weighted by molar-refractivity contribution is -0.134. The van der Waals surface area contributed by atoms with Crippen molar-refractivity contribution in [2.45, 2.75) is 26.7 Å². The van der Waals surface area contributed by atoms with E-state index >= 15 is 0 Å². The molecule has 0 bridgehead atoms. The molecule has 0 aliphatic heterocycles. The average Bonchev–Trinajstić information content (AvgIpc) is 2.99. The summed E-state index contributed by atoms with van der Waals surface area (Å²) in [4.78, 5) is 24.3. The number of nitrogens with one attached hydrogen (secondary N) is 1. The van der Waals surface area contributed by atoms with E-state index in [9.17, 15) is 9.59 Å². The molecular weight excluding hydrogens is 218 g/mol. The number of primary amides is 1. The molecule has 1 saturated carbocycles. The second kappa shape index (κ2) is 6.59. The average molecular weight is 241 g/mol. The fourth-order valence-corrected chi connectivity index (χ4v) is 1.70. The number of amides is 2. The first-order valence-corrected chi connectivity index (χ1v) is 6.25. The normalized spacial score (nSPS) is 15.0. The standard InChI is InChI=1S/C12H23N3O2/c1-9(2)7-15(8-11(13)16)12(17)6-14-5-10-3-4-10/h9-10,14H,3-8H2,1-2H3,(H2,13,16). The summed E-state index contributed by atoms with van der Waals surface area (Å²) in [5.41, 5.74) is 5.14. The Labute approximate surface area is 103 Å². The minimum atomic E-state index is -0.457. The Bertz CT molecular complexity index is 275. The molecule has 2 amide bonds. The lowest BCUT2D eigenvalue weighted by Crippen LogP contribution is -2.44. The number of nitrogens with two attached hydrogens (primary N) is 1. The van der Waals surface area contributed by atoms with Crippen LogP contribution in [0.3, 0.4) is 0 Å². The number of carbonyl (C=O) groups excluding carboxylic acids is 2. The molecule has 0 spiro atoms. The van der Waals surface area contributed by atoms with Crippen LogP contribution >= 0.6 is 0 Å². The van der Waals surface area contributed by atoms with Gasteiger partial charge >= 0.3 is 0 Å². The van der Waals surface area contributed by atoms with Crippen molar-refractivity contribution in [2.75, 3.05) is 26.2 Å². The molecule has 0 aromatic carbocycles. The molecule has 17 heavy (non-hydrogen) atoms. The Kier molecular flexibility index (Phi) is 5.41. The highest BCUT2D eigenvalue weighted by Gasteiger charge is 2.22. The summed E-state index contributed by atoms with van der Waals surface area (Å²) >= 11 is 0. The minimum Gasteiger partial charge on any atom is -0.368 e. The smallest absolute Gasteiger partial charge is 0.237 e. The van der Waals surface area contributed by atoms with E-state index in [0.29, 0.717) is 19.0 Å². The molecule has 1 fully saturated rings. The maximum atomic E-state index is 11.9. The van der Waals surface area contributed by atoms with Gasteiger partial charge in [0.05, 0.1) is 13.1 Å². The molecule has 5 nitrogen and oxygen atoms in total. The third kappa shape index (κ3) is 6.26. The largest absolute Gasteiger partial charge is 0.368 e. The van der Waals surface area contributed by atoms with E-state index in [0.717, 1.165) is 12.5 Å². The van der Waals surface area contributed by atoms with Crippen LogP contribution in [-0.2, 0) is 9.59 Å². The van der Waals surface area contributed by atoms with Gasteiger partial charge in [0, 0.05) is 6.54 Å². The molecule has 5 heteroatoms. The molecule has 1 rings (SSSR count). The summed E-state index contributed by atoms with van der Waals surface area (Å²) in [5, 5.41) is 3.13. The topological polar surface area (TPSA) is 75.4 Å². The number of hydrogen-bond acceptors (Lipinski definition) is 3. The van der Waals surface area contributed by atoms with Crippen molar-refractivity contribution in [1.29, 1.82) is 0 Å². The third-order valence-electron chi connectivity index (χ3n) is 2.69. The van der Waals surface area contributed by atoms with Gasteiger partial charge in [0.25, 0.3) is 0 Å². The second-order valence-electron chi connectivity index (χ2n) is 5.21. The first-order chi connectivity index (χ1) is 7.99. The van der Waals surface area contributed by atoms with Gasteiger partial charge in [-0.3, -0.25) is 9.59 Å². The van der Waals surface area contributed by atoms with Gasteiger partial charge < -0.3 is 16.0 Å². The van der Waals surface area contributed by atoms with E-state index < -0.39 is 5.91 Å². The van der Waals surface area contributed by atoms with Crippen molar-refractivity contribution in [3.63, 3.8) is 0 Å². The van der Waals surface area contributed by atoms with Gasteiger partial charge in [-0.25, -0.2) is 0 Å². The maximum Gasteiger partial charge on any atom is 0.237 e. The van der Waals surface area contributed by atoms with Crippen molar-refractivity contribution < 1.29 is 9.59 Å². The summed E-state index contributed by atoms with van der Waals surface area (Å²) in [6.07, 6.45) is 2.52.